The molecule has 1 heterocycles. The van der Waals surface area contributed by atoms with Crippen molar-refractivity contribution in [3.8, 4) is 11.6 Å². The fourth-order valence-corrected chi connectivity index (χ4v) is 2.18. The Hall–Kier alpha value is -0.880. The Balaban J connectivity index is 2.33. The van der Waals surface area contributed by atoms with Crippen LogP contribution in [0.4, 0.5) is 0 Å². The lowest BCUT2D eigenvalue weighted by molar-refractivity contribution is 0.455. The summed E-state index contributed by atoms with van der Waals surface area (Å²) in [6.07, 6.45) is 2.14. The second-order valence-electron chi connectivity index (χ2n) is 3.36. The molecule has 2 rings (SSSR count). The molecule has 0 spiro atoms. The molecule has 5 heteroatoms. The number of hydrogen-bond donors (Lipinski definition) is 0. The van der Waals surface area contributed by atoms with Crippen LogP contribution in [0.25, 0.3) is 0 Å². The summed E-state index contributed by atoms with van der Waals surface area (Å²) in [6.45, 7) is 1.99. The molecule has 3 nitrogen and oxygen atoms in total. The van der Waals surface area contributed by atoms with Crippen LogP contribution in [-0.4, -0.2) is 9.97 Å². The van der Waals surface area contributed by atoms with Gasteiger partial charge in [-0.25, -0.2) is 9.97 Å². The molecule has 0 amide bonds. The summed E-state index contributed by atoms with van der Waals surface area (Å²) >= 11 is 8.23. The molecule has 17 heavy (non-hydrogen) atoms. The van der Waals surface area contributed by atoms with Crippen molar-refractivity contribution in [2.24, 2.45) is 0 Å². The number of rotatable bonds is 3. The van der Waals surface area contributed by atoms with Crippen molar-refractivity contribution < 1.29 is 4.74 Å². The molecule has 0 aliphatic carbocycles. The largest absolute Gasteiger partial charge is 0.439 e. The topological polar surface area (TPSA) is 35.0 Å². The van der Waals surface area contributed by atoms with Crippen molar-refractivity contribution in [1.29, 1.82) is 0 Å². The molecule has 0 saturated carbocycles. The molecule has 0 fully saturated rings. The van der Waals surface area contributed by atoms with Crippen LogP contribution in [-0.2, 0) is 6.42 Å². The van der Waals surface area contributed by atoms with E-state index < -0.39 is 0 Å². The zero-order valence-corrected chi connectivity index (χ0v) is 12.1. The Morgan fingerprint density at radius 2 is 2.18 bits per heavy atom. The van der Waals surface area contributed by atoms with E-state index in [4.69, 9.17) is 16.3 Å². The van der Waals surface area contributed by atoms with Crippen LogP contribution in [0.3, 0.4) is 0 Å². The molecule has 0 radical (unpaired) electrons. The molecule has 0 aliphatic rings. The predicted octanol–water partition coefficient (Wildman–Crippen LogP) is 4.09. The molecule has 1 aromatic heterocycles. The molecule has 88 valence electrons. The van der Waals surface area contributed by atoms with Crippen LogP contribution in [0.2, 0.25) is 5.15 Å². The predicted molar refractivity (Wildman–Crippen MR) is 75.7 cm³/mol. The monoisotopic (exact) mass is 360 g/mol. The minimum atomic E-state index is 0.447. The number of benzene rings is 1. The fraction of sp³-hybridized carbons (Fsp3) is 0.167. The van der Waals surface area contributed by atoms with Gasteiger partial charge in [0.2, 0.25) is 5.88 Å². The zero-order valence-electron chi connectivity index (χ0n) is 9.15. The lowest BCUT2D eigenvalue weighted by atomic mass is 10.2. The molecule has 0 bridgehead atoms. The Labute approximate surface area is 118 Å². The quantitative estimate of drug-likeness (QED) is 0.611. The molecule has 0 N–H and O–H groups in total. The smallest absolute Gasteiger partial charge is 0.226 e. The van der Waals surface area contributed by atoms with Gasteiger partial charge in [0.25, 0.3) is 0 Å². The Kier molecular flexibility index (Phi) is 4.17. The third kappa shape index (κ3) is 3.07. The normalized spacial score (nSPS) is 10.3. The van der Waals surface area contributed by atoms with E-state index in [2.05, 4.69) is 32.6 Å². The summed E-state index contributed by atoms with van der Waals surface area (Å²) in [5.41, 5.74) is 0.827. The van der Waals surface area contributed by atoms with E-state index >= 15 is 0 Å². The second kappa shape index (κ2) is 5.64. The van der Waals surface area contributed by atoms with Crippen LogP contribution in [0.5, 0.6) is 11.6 Å². The lowest BCUT2D eigenvalue weighted by Crippen LogP contribution is -1.96. The van der Waals surface area contributed by atoms with Gasteiger partial charge in [0.1, 0.15) is 17.2 Å². The Morgan fingerprint density at radius 3 is 2.88 bits per heavy atom. The zero-order chi connectivity index (χ0) is 12.3. The minimum Gasteiger partial charge on any atom is -0.439 e. The maximum absolute atomic E-state index is 5.99. The lowest BCUT2D eigenvalue weighted by Gasteiger charge is -2.09. The molecular weight excluding hydrogens is 351 g/mol. The first-order chi connectivity index (χ1) is 8.20. The summed E-state index contributed by atoms with van der Waals surface area (Å²) < 4.78 is 6.83. The van der Waals surface area contributed by atoms with Gasteiger partial charge >= 0.3 is 0 Å². The van der Waals surface area contributed by atoms with Gasteiger partial charge in [0.05, 0.1) is 5.56 Å². The van der Waals surface area contributed by atoms with Gasteiger partial charge in [0.15, 0.2) is 0 Å². The number of nitrogens with zero attached hydrogens (tertiary/aromatic N) is 2. The third-order valence-electron chi connectivity index (χ3n) is 2.22. The van der Waals surface area contributed by atoms with Crippen LogP contribution >= 0.6 is 34.2 Å². The van der Waals surface area contributed by atoms with Gasteiger partial charge in [-0.1, -0.05) is 24.6 Å². The fourth-order valence-electron chi connectivity index (χ4n) is 1.40. The van der Waals surface area contributed by atoms with Gasteiger partial charge in [-0.05, 0) is 47.2 Å². The molecular formula is C12H10ClIN2O. The molecule has 2 aromatic rings. The highest BCUT2D eigenvalue weighted by Gasteiger charge is 2.10. The summed E-state index contributed by atoms with van der Waals surface area (Å²) in [4.78, 5) is 8.06. The molecule has 0 aliphatic heterocycles. The highest BCUT2D eigenvalue weighted by atomic mass is 127. The van der Waals surface area contributed by atoms with Crippen molar-refractivity contribution >= 4 is 34.2 Å². The van der Waals surface area contributed by atoms with Crippen LogP contribution in [0, 0.1) is 3.57 Å². The van der Waals surface area contributed by atoms with Gasteiger partial charge in [0, 0.05) is 3.57 Å². The average Bonchev–Trinajstić information content (AvgIpc) is 2.29. The van der Waals surface area contributed by atoms with E-state index in [1.54, 1.807) is 0 Å². The summed E-state index contributed by atoms with van der Waals surface area (Å²) in [7, 11) is 0. The van der Waals surface area contributed by atoms with Gasteiger partial charge in [-0.15, -0.1) is 0 Å². The third-order valence-corrected chi connectivity index (χ3v) is 3.21. The maximum Gasteiger partial charge on any atom is 0.226 e. The van der Waals surface area contributed by atoms with Gasteiger partial charge in [-0.3, -0.25) is 0 Å². The second-order valence-corrected chi connectivity index (χ2v) is 4.96. The number of ether oxygens (including phenoxy) is 1. The van der Waals surface area contributed by atoms with Crippen molar-refractivity contribution in [3.05, 3.63) is 44.9 Å². The number of hydrogen-bond acceptors (Lipinski definition) is 3. The van der Waals surface area contributed by atoms with Crippen molar-refractivity contribution in [3.63, 3.8) is 0 Å². The first-order valence-corrected chi connectivity index (χ1v) is 6.59. The minimum absolute atomic E-state index is 0.447. The average molecular weight is 361 g/mol. The van der Waals surface area contributed by atoms with Crippen LogP contribution < -0.4 is 4.74 Å². The van der Waals surface area contributed by atoms with Crippen LogP contribution in [0.15, 0.2) is 30.6 Å². The summed E-state index contributed by atoms with van der Waals surface area (Å²) in [5, 5.41) is 0.447. The Bertz CT molecular complexity index is 534. The molecule has 0 atom stereocenters. The van der Waals surface area contributed by atoms with Crippen molar-refractivity contribution in [2.75, 3.05) is 0 Å². The summed E-state index contributed by atoms with van der Waals surface area (Å²) in [5.74, 6) is 1.27. The van der Waals surface area contributed by atoms with E-state index in [9.17, 15) is 0 Å². The first-order valence-electron chi connectivity index (χ1n) is 5.13. The van der Waals surface area contributed by atoms with Gasteiger partial charge < -0.3 is 4.74 Å². The first kappa shape index (κ1) is 12.6. The maximum atomic E-state index is 5.99. The van der Waals surface area contributed by atoms with Crippen molar-refractivity contribution in [2.45, 2.75) is 13.3 Å². The highest BCUT2D eigenvalue weighted by molar-refractivity contribution is 14.1. The molecule has 0 saturated heterocycles. The van der Waals surface area contributed by atoms with E-state index in [0.717, 1.165) is 21.3 Å². The van der Waals surface area contributed by atoms with E-state index in [0.29, 0.717) is 11.0 Å². The summed E-state index contributed by atoms with van der Waals surface area (Å²) in [6, 6.07) is 7.76. The van der Waals surface area contributed by atoms with E-state index in [-0.39, 0.29) is 0 Å². The number of halogens is 2. The van der Waals surface area contributed by atoms with Crippen LogP contribution in [0.1, 0.15) is 12.5 Å². The van der Waals surface area contributed by atoms with Crippen molar-refractivity contribution in [1.82, 2.24) is 9.97 Å². The molecule has 0 unspecified atom stereocenters. The standard InChI is InChI=1S/C12H10ClIN2O/c1-2-10-11(13)15-7-16-12(10)17-9-5-3-4-8(14)6-9/h3-7H,2H2,1H3. The highest BCUT2D eigenvalue weighted by Crippen LogP contribution is 2.27. The van der Waals surface area contributed by atoms with E-state index in [1.165, 1.54) is 6.33 Å². The Morgan fingerprint density at radius 1 is 1.35 bits per heavy atom. The molecule has 1 aromatic carbocycles. The number of aromatic nitrogens is 2. The van der Waals surface area contributed by atoms with Gasteiger partial charge in [-0.2, -0.15) is 0 Å². The van der Waals surface area contributed by atoms with E-state index in [1.807, 2.05) is 31.2 Å². The SMILES string of the molecule is CCc1c(Cl)ncnc1Oc1cccc(I)c1.